The second-order valence-electron chi connectivity index (χ2n) is 5.91. The van der Waals surface area contributed by atoms with E-state index in [1.54, 1.807) is 18.0 Å². The zero-order valence-electron chi connectivity index (χ0n) is 13.7. The maximum Gasteiger partial charge on any atom is 0.233 e. The molecule has 1 aromatic heterocycles. The highest BCUT2D eigenvalue weighted by molar-refractivity contribution is 5.95. The van der Waals surface area contributed by atoms with Crippen molar-refractivity contribution in [3.63, 3.8) is 0 Å². The maximum atomic E-state index is 12.8. The lowest BCUT2D eigenvalue weighted by atomic mass is 9.78. The number of amides is 1. The number of nitrogens with one attached hydrogen (secondary N) is 2. The van der Waals surface area contributed by atoms with Crippen molar-refractivity contribution >= 4 is 24.0 Å². The molecule has 0 radical (unpaired) electrons. The summed E-state index contributed by atoms with van der Waals surface area (Å²) < 4.78 is 7.09. The van der Waals surface area contributed by atoms with Gasteiger partial charge in [0.25, 0.3) is 0 Å². The number of hydrogen-bond donors (Lipinski definition) is 2. The first kappa shape index (κ1) is 18.4. The van der Waals surface area contributed by atoms with Gasteiger partial charge in [-0.2, -0.15) is 5.10 Å². The topological polar surface area (TPSA) is 68.2 Å². The Bertz CT molecular complexity index is 632. The quantitative estimate of drug-likeness (QED) is 0.867. The number of anilines is 1. The molecule has 130 valence electrons. The van der Waals surface area contributed by atoms with Gasteiger partial charge in [-0.3, -0.25) is 4.79 Å². The fourth-order valence-electron chi connectivity index (χ4n) is 3.00. The lowest BCUT2D eigenvalue weighted by molar-refractivity contribution is -0.130. The van der Waals surface area contributed by atoms with Gasteiger partial charge in [0, 0.05) is 25.2 Å². The van der Waals surface area contributed by atoms with E-state index in [1.165, 1.54) is 0 Å². The average molecular weight is 351 g/mol. The molecule has 1 fully saturated rings. The summed E-state index contributed by atoms with van der Waals surface area (Å²) in [6.07, 6.45) is 5.20. The van der Waals surface area contributed by atoms with Crippen molar-refractivity contribution < 1.29 is 9.53 Å². The smallest absolute Gasteiger partial charge is 0.233 e. The van der Waals surface area contributed by atoms with Crippen molar-refractivity contribution in [1.29, 1.82) is 0 Å². The number of ether oxygens (including phenoxy) is 1. The Morgan fingerprint density at radius 1 is 1.33 bits per heavy atom. The van der Waals surface area contributed by atoms with E-state index in [9.17, 15) is 4.79 Å². The number of rotatable bonds is 5. The predicted octanol–water partition coefficient (Wildman–Crippen LogP) is 2.25. The number of carbonyl (C=O) groups excluding carboxylic acids is 1. The molecule has 1 saturated heterocycles. The fraction of sp³-hybridized carbons (Fsp3) is 0.412. The van der Waals surface area contributed by atoms with Crippen molar-refractivity contribution in [3.05, 3.63) is 42.7 Å². The van der Waals surface area contributed by atoms with E-state index in [0.717, 1.165) is 37.3 Å². The summed E-state index contributed by atoms with van der Waals surface area (Å²) in [5.41, 5.74) is 1.31. The van der Waals surface area contributed by atoms with Gasteiger partial charge in [-0.25, -0.2) is 4.68 Å². The van der Waals surface area contributed by atoms with Gasteiger partial charge in [0.15, 0.2) is 0 Å². The van der Waals surface area contributed by atoms with Crippen LogP contribution in [0.5, 0.6) is 0 Å². The van der Waals surface area contributed by atoms with Crippen LogP contribution in [-0.2, 0) is 9.53 Å². The van der Waals surface area contributed by atoms with Crippen molar-refractivity contribution in [2.45, 2.75) is 12.8 Å². The largest absolute Gasteiger partial charge is 0.384 e. The van der Waals surface area contributed by atoms with Gasteiger partial charge in [0.05, 0.1) is 17.7 Å². The first-order chi connectivity index (χ1) is 11.2. The third-order valence-electron chi connectivity index (χ3n) is 4.36. The monoisotopic (exact) mass is 350 g/mol. The normalized spacial score (nSPS) is 16.2. The van der Waals surface area contributed by atoms with E-state index < -0.39 is 5.41 Å². The Labute approximate surface area is 148 Å². The molecule has 6 nitrogen and oxygen atoms in total. The molecular formula is C17H23ClN4O2. The van der Waals surface area contributed by atoms with Crippen LogP contribution in [0.4, 0.5) is 5.69 Å². The Morgan fingerprint density at radius 3 is 2.62 bits per heavy atom. The van der Waals surface area contributed by atoms with Crippen LogP contribution in [-0.4, -0.2) is 42.5 Å². The van der Waals surface area contributed by atoms with E-state index in [-0.39, 0.29) is 18.3 Å². The lowest BCUT2D eigenvalue weighted by Gasteiger charge is -2.35. The van der Waals surface area contributed by atoms with Gasteiger partial charge >= 0.3 is 0 Å². The van der Waals surface area contributed by atoms with Crippen LogP contribution in [0.25, 0.3) is 5.69 Å². The van der Waals surface area contributed by atoms with Crippen LogP contribution in [0.1, 0.15) is 12.8 Å². The number of piperidine rings is 1. The standard InChI is InChI=1S/C17H22N4O2.ClH/c1-23-13-17(7-10-18-11-8-17)16(22)20-14-3-5-15(6-4-14)21-12-2-9-19-21;/h2-6,9,12,18H,7-8,10-11,13H2,1H3,(H,20,22);1H. The Hall–Kier alpha value is -1.89. The molecule has 0 aliphatic carbocycles. The highest BCUT2D eigenvalue weighted by Gasteiger charge is 2.39. The van der Waals surface area contributed by atoms with Gasteiger partial charge in [-0.1, -0.05) is 0 Å². The second kappa shape index (κ2) is 8.28. The molecule has 1 aliphatic heterocycles. The van der Waals surface area contributed by atoms with Gasteiger partial charge in [0.1, 0.15) is 0 Å². The minimum atomic E-state index is -0.444. The van der Waals surface area contributed by atoms with Crippen molar-refractivity contribution in [3.8, 4) is 5.69 Å². The molecule has 3 rings (SSSR count). The van der Waals surface area contributed by atoms with E-state index in [0.29, 0.717) is 6.61 Å². The fourth-order valence-corrected chi connectivity index (χ4v) is 3.00. The second-order valence-corrected chi connectivity index (χ2v) is 5.91. The first-order valence-electron chi connectivity index (χ1n) is 7.85. The summed E-state index contributed by atoms with van der Waals surface area (Å²) in [6, 6.07) is 9.55. The zero-order valence-corrected chi connectivity index (χ0v) is 14.5. The number of carbonyl (C=O) groups is 1. The van der Waals surface area contributed by atoms with Gasteiger partial charge in [-0.15, -0.1) is 12.4 Å². The Balaban J connectivity index is 0.00000208. The summed E-state index contributed by atoms with van der Waals surface area (Å²) in [7, 11) is 1.65. The van der Waals surface area contributed by atoms with E-state index in [4.69, 9.17) is 4.74 Å². The average Bonchev–Trinajstić information content (AvgIpc) is 3.11. The molecule has 1 amide bonds. The van der Waals surface area contributed by atoms with Crippen molar-refractivity contribution in [2.24, 2.45) is 5.41 Å². The van der Waals surface area contributed by atoms with Gasteiger partial charge in [0.2, 0.25) is 5.91 Å². The van der Waals surface area contributed by atoms with Crippen LogP contribution in [0.15, 0.2) is 42.7 Å². The van der Waals surface area contributed by atoms with Crippen LogP contribution in [0.3, 0.4) is 0 Å². The third kappa shape index (κ3) is 3.95. The van der Waals surface area contributed by atoms with Crippen molar-refractivity contribution in [2.75, 3.05) is 32.1 Å². The third-order valence-corrected chi connectivity index (χ3v) is 4.36. The number of aromatic nitrogens is 2. The number of hydrogen-bond acceptors (Lipinski definition) is 4. The predicted molar refractivity (Wildman–Crippen MR) is 95.9 cm³/mol. The van der Waals surface area contributed by atoms with Crippen LogP contribution in [0, 0.1) is 5.41 Å². The number of halogens is 1. The van der Waals surface area contributed by atoms with Gasteiger partial charge < -0.3 is 15.4 Å². The summed E-state index contributed by atoms with van der Waals surface area (Å²) in [6.45, 7) is 2.13. The molecule has 24 heavy (non-hydrogen) atoms. The van der Waals surface area contributed by atoms with Crippen LogP contribution in [0.2, 0.25) is 0 Å². The van der Waals surface area contributed by atoms with Crippen LogP contribution >= 0.6 is 12.4 Å². The maximum absolute atomic E-state index is 12.8. The molecular weight excluding hydrogens is 328 g/mol. The molecule has 0 bridgehead atoms. The molecule has 2 heterocycles. The highest BCUT2D eigenvalue weighted by Crippen LogP contribution is 2.31. The molecule has 0 atom stereocenters. The molecule has 2 aromatic rings. The van der Waals surface area contributed by atoms with Crippen LogP contribution < -0.4 is 10.6 Å². The summed E-state index contributed by atoms with van der Waals surface area (Å²) in [4.78, 5) is 12.8. The van der Waals surface area contributed by atoms with E-state index in [2.05, 4.69) is 15.7 Å². The Kier molecular flexibility index (Phi) is 6.36. The molecule has 2 N–H and O–H groups in total. The molecule has 7 heteroatoms. The van der Waals surface area contributed by atoms with Crippen molar-refractivity contribution in [1.82, 2.24) is 15.1 Å². The minimum Gasteiger partial charge on any atom is -0.384 e. The number of nitrogens with zero attached hydrogens (tertiary/aromatic N) is 2. The summed E-state index contributed by atoms with van der Waals surface area (Å²) in [5.74, 6) is 0.0349. The zero-order chi connectivity index (χ0) is 16.1. The van der Waals surface area contributed by atoms with E-state index in [1.807, 2.05) is 36.5 Å². The summed E-state index contributed by atoms with van der Waals surface area (Å²) in [5, 5.41) is 10.5. The van der Waals surface area contributed by atoms with Gasteiger partial charge in [-0.05, 0) is 56.3 Å². The number of methoxy groups -OCH3 is 1. The Morgan fingerprint density at radius 2 is 2.04 bits per heavy atom. The summed E-state index contributed by atoms with van der Waals surface area (Å²) >= 11 is 0. The molecule has 1 aromatic carbocycles. The lowest BCUT2D eigenvalue weighted by Crippen LogP contribution is -2.47. The highest BCUT2D eigenvalue weighted by atomic mass is 35.5. The number of benzene rings is 1. The first-order valence-corrected chi connectivity index (χ1v) is 7.85. The van der Waals surface area contributed by atoms with E-state index >= 15 is 0 Å². The molecule has 0 unspecified atom stereocenters. The molecule has 0 spiro atoms. The minimum absolute atomic E-state index is 0. The molecule has 1 aliphatic rings. The SMILES string of the molecule is COCC1(C(=O)Nc2ccc(-n3cccn3)cc2)CCNCC1.Cl. The molecule has 0 saturated carbocycles.